The van der Waals surface area contributed by atoms with Gasteiger partial charge in [-0.05, 0) is 68.4 Å². The fourth-order valence-corrected chi connectivity index (χ4v) is 5.43. The number of nitrogens with one attached hydrogen (secondary N) is 1. The highest BCUT2D eigenvalue weighted by molar-refractivity contribution is 7.17. The molecule has 5 rings (SSSR count). The van der Waals surface area contributed by atoms with Crippen molar-refractivity contribution in [2.24, 2.45) is 0 Å². The van der Waals surface area contributed by atoms with Crippen LogP contribution in [0.25, 0.3) is 21.3 Å². The lowest BCUT2D eigenvalue weighted by atomic mass is 9.89. The summed E-state index contributed by atoms with van der Waals surface area (Å²) in [6.45, 7) is 3.15. The number of fused-ring (bicyclic) bond motifs is 2. The number of aromatic nitrogens is 2. The minimum atomic E-state index is -0.776. The van der Waals surface area contributed by atoms with E-state index in [0.717, 1.165) is 24.0 Å². The van der Waals surface area contributed by atoms with Gasteiger partial charge in [0.05, 0.1) is 11.7 Å². The van der Waals surface area contributed by atoms with Gasteiger partial charge >= 0.3 is 0 Å². The molecule has 1 aliphatic carbocycles. The Hall–Kier alpha value is -3.58. The number of aryl methyl sites for hydroxylation is 2. The highest BCUT2D eigenvalue weighted by atomic mass is 32.1. The Kier molecular flexibility index (Phi) is 5.87. The molecule has 0 bridgehead atoms. The third-order valence-electron chi connectivity index (χ3n) is 6.51. The second-order valence-corrected chi connectivity index (χ2v) is 9.64. The maximum absolute atomic E-state index is 13.5. The third kappa shape index (κ3) is 4.07. The van der Waals surface area contributed by atoms with Crippen LogP contribution in [0.1, 0.15) is 54.2 Å². The van der Waals surface area contributed by atoms with Gasteiger partial charge in [0.15, 0.2) is 5.78 Å². The summed E-state index contributed by atoms with van der Waals surface area (Å²) in [6.07, 6.45) is 6.03. The van der Waals surface area contributed by atoms with E-state index in [2.05, 4.69) is 28.5 Å². The number of ketones is 1. The van der Waals surface area contributed by atoms with Crippen LogP contribution in [0.3, 0.4) is 0 Å². The molecule has 34 heavy (non-hydrogen) atoms. The molecule has 7 heteroatoms. The van der Waals surface area contributed by atoms with Gasteiger partial charge in [0.2, 0.25) is 5.91 Å². The average Bonchev–Trinajstić information content (AvgIpc) is 3.29. The molecule has 0 fully saturated rings. The maximum atomic E-state index is 13.5. The predicted molar refractivity (Wildman–Crippen MR) is 136 cm³/mol. The zero-order valence-corrected chi connectivity index (χ0v) is 19.9. The van der Waals surface area contributed by atoms with E-state index in [1.54, 1.807) is 31.2 Å². The lowest BCUT2D eigenvalue weighted by molar-refractivity contribution is -0.118. The monoisotopic (exact) mass is 471 g/mol. The van der Waals surface area contributed by atoms with Crippen molar-refractivity contribution in [3.8, 4) is 11.1 Å². The number of hydrogen-bond acceptors (Lipinski definition) is 5. The smallest absolute Gasteiger partial charge is 0.263 e. The van der Waals surface area contributed by atoms with Crippen molar-refractivity contribution in [2.75, 3.05) is 5.32 Å². The molecule has 2 heterocycles. The third-order valence-corrected chi connectivity index (χ3v) is 7.40. The molecule has 1 unspecified atom stereocenters. The highest BCUT2D eigenvalue weighted by Gasteiger charge is 2.21. The van der Waals surface area contributed by atoms with Crippen LogP contribution in [0.4, 0.5) is 5.69 Å². The highest BCUT2D eigenvalue weighted by Crippen LogP contribution is 2.33. The number of carbonyl (C=O) groups excluding carboxylic acids is 2. The van der Waals surface area contributed by atoms with Gasteiger partial charge in [-0.15, -0.1) is 11.3 Å². The number of thiophene rings is 1. The Morgan fingerprint density at radius 1 is 1.09 bits per heavy atom. The molecule has 172 valence electrons. The van der Waals surface area contributed by atoms with Crippen LogP contribution in [-0.2, 0) is 17.6 Å². The molecule has 1 aliphatic rings. The standard InChI is InChI=1S/C27H25N3O3S/c1-16(25(32)29-22-9-5-8-19(13-22)17(2)31)30-15-28-26-24(27(30)33)23(14-34-26)21-11-10-18-6-3-4-7-20(18)12-21/h5,8-16H,3-4,6-7H2,1-2H3,(H,29,32). The van der Waals surface area contributed by atoms with Crippen molar-refractivity contribution < 1.29 is 9.59 Å². The second kappa shape index (κ2) is 8.99. The molecule has 0 spiro atoms. The zero-order chi connectivity index (χ0) is 23.8. The van der Waals surface area contributed by atoms with Crippen LogP contribution in [-0.4, -0.2) is 21.2 Å². The summed E-state index contributed by atoms with van der Waals surface area (Å²) >= 11 is 1.44. The minimum Gasteiger partial charge on any atom is -0.324 e. The second-order valence-electron chi connectivity index (χ2n) is 8.78. The first kappa shape index (κ1) is 22.2. The van der Waals surface area contributed by atoms with Crippen molar-refractivity contribution in [1.82, 2.24) is 9.55 Å². The number of hydrogen-bond donors (Lipinski definition) is 1. The van der Waals surface area contributed by atoms with E-state index >= 15 is 0 Å². The molecule has 6 nitrogen and oxygen atoms in total. The van der Waals surface area contributed by atoms with Crippen LogP contribution in [0.2, 0.25) is 0 Å². The first-order chi connectivity index (χ1) is 16.4. The molecule has 0 aliphatic heterocycles. The van der Waals surface area contributed by atoms with Crippen molar-refractivity contribution >= 4 is 38.9 Å². The number of carbonyl (C=O) groups is 2. The van der Waals surface area contributed by atoms with Gasteiger partial charge in [-0.2, -0.15) is 0 Å². The molecule has 1 amide bonds. The molecule has 1 N–H and O–H groups in total. The number of anilines is 1. The largest absolute Gasteiger partial charge is 0.324 e. The summed E-state index contributed by atoms with van der Waals surface area (Å²) in [4.78, 5) is 43.3. The summed E-state index contributed by atoms with van der Waals surface area (Å²) in [7, 11) is 0. The van der Waals surface area contributed by atoms with Crippen LogP contribution >= 0.6 is 11.3 Å². The van der Waals surface area contributed by atoms with Crippen LogP contribution in [0.15, 0.2) is 59.0 Å². The van der Waals surface area contributed by atoms with Crippen molar-refractivity contribution in [2.45, 2.75) is 45.6 Å². The summed E-state index contributed by atoms with van der Waals surface area (Å²) in [5.74, 6) is -0.434. The van der Waals surface area contributed by atoms with E-state index in [0.29, 0.717) is 21.5 Å². The number of rotatable bonds is 5. The normalized spacial score (nSPS) is 13.9. The minimum absolute atomic E-state index is 0.0813. The fourth-order valence-electron chi connectivity index (χ4n) is 4.52. The Bertz CT molecular complexity index is 1480. The molecule has 1 atom stereocenters. The molecule has 2 aromatic heterocycles. The Morgan fingerprint density at radius 3 is 2.68 bits per heavy atom. The summed E-state index contributed by atoms with van der Waals surface area (Å²) < 4.78 is 1.38. The van der Waals surface area contributed by atoms with Gasteiger partial charge in [0.1, 0.15) is 10.9 Å². The van der Waals surface area contributed by atoms with Crippen LogP contribution in [0.5, 0.6) is 0 Å². The molecule has 4 aromatic rings. The Labute approximate surface area is 201 Å². The van der Waals surface area contributed by atoms with Crippen LogP contribution in [0, 0.1) is 0 Å². The molecule has 0 saturated heterocycles. The van der Waals surface area contributed by atoms with Crippen LogP contribution < -0.4 is 10.9 Å². The van der Waals surface area contributed by atoms with Gasteiger partial charge < -0.3 is 5.32 Å². The van der Waals surface area contributed by atoms with E-state index < -0.39 is 6.04 Å². The number of amides is 1. The lowest BCUT2D eigenvalue weighted by Crippen LogP contribution is -2.31. The number of Topliss-reactive ketones (excluding diaryl/α,β-unsaturated/α-hetero) is 1. The average molecular weight is 472 g/mol. The summed E-state index contributed by atoms with van der Waals surface area (Å²) in [5, 5.41) is 5.33. The number of nitrogens with zero attached hydrogens (tertiary/aromatic N) is 2. The van der Waals surface area contributed by atoms with E-state index in [1.165, 1.54) is 53.1 Å². The number of benzene rings is 2. The Morgan fingerprint density at radius 2 is 1.88 bits per heavy atom. The maximum Gasteiger partial charge on any atom is 0.263 e. The molecule has 2 aromatic carbocycles. The van der Waals surface area contributed by atoms with E-state index in [1.807, 2.05) is 5.38 Å². The molecule has 0 radical (unpaired) electrons. The van der Waals surface area contributed by atoms with Gasteiger partial charge in [0.25, 0.3) is 5.56 Å². The molecular formula is C27H25N3O3S. The molecule has 0 saturated carbocycles. The summed E-state index contributed by atoms with van der Waals surface area (Å²) in [6, 6.07) is 12.4. The van der Waals surface area contributed by atoms with Gasteiger partial charge in [-0.1, -0.05) is 30.3 Å². The SMILES string of the molecule is CC(=O)c1cccc(NC(=O)C(C)n2cnc3scc(-c4ccc5c(c4)CCCC5)c3c2=O)c1. The van der Waals surface area contributed by atoms with Gasteiger partial charge in [-0.25, -0.2) is 4.98 Å². The van der Waals surface area contributed by atoms with Crippen molar-refractivity contribution in [3.63, 3.8) is 0 Å². The van der Waals surface area contributed by atoms with Gasteiger partial charge in [-0.3, -0.25) is 19.0 Å². The van der Waals surface area contributed by atoms with E-state index in [-0.39, 0.29) is 17.2 Å². The fraction of sp³-hybridized carbons (Fsp3) is 0.259. The lowest BCUT2D eigenvalue weighted by Gasteiger charge is -2.17. The van der Waals surface area contributed by atoms with Crippen molar-refractivity contribution in [3.05, 3.63) is 81.2 Å². The topological polar surface area (TPSA) is 81.1 Å². The quantitative estimate of drug-likeness (QED) is 0.395. The first-order valence-electron chi connectivity index (χ1n) is 11.4. The van der Waals surface area contributed by atoms with E-state index in [9.17, 15) is 14.4 Å². The summed E-state index contributed by atoms with van der Waals surface area (Å²) in [5.41, 5.74) is 5.41. The zero-order valence-electron chi connectivity index (χ0n) is 19.1. The predicted octanol–water partition coefficient (Wildman–Crippen LogP) is 5.41. The first-order valence-corrected chi connectivity index (χ1v) is 12.3. The van der Waals surface area contributed by atoms with Gasteiger partial charge in [0, 0.05) is 22.2 Å². The van der Waals surface area contributed by atoms with E-state index in [4.69, 9.17) is 0 Å². The molecular weight excluding hydrogens is 446 g/mol. The van der Waals surface area contributed by atoms with Crippen molar-refractivity contribution in [1.29, 1.82) is 0 Å². The Balaban J connectivity index is 1.48.